The molecule has 0 aromatic heterocycles. The Balaban J connectivity index is 1.08. The molecule has 312 valence electrons. The van der Waals surface area contributed by atoms with E-state index in [1.54, 1.807) is 0 Å². The van der Waals surface area contributed by atoms with E-state index in [0.29, 0.717) is 0 Å². The average molecular weight is 843 g/mol. The van der Waals surface area contributed by atoms with Crippen molar-refractivity contribution in [2.45, 2.75) is 24.7 Å². The van der Waals surface area contributed by atoms with Gasteiger partial charge in [-0.15, -0.1) is 0 Å². The van der Waals surface area contributed by atoms with Crippen LogP contribution in [0.15, 0.2) is 243 Å². The first-order valence-electron chi connectivity index (χ1n) is 23.1. The molecule has 13 rings (SSSR count). The van der Waals surface area contributed by atoms with Gasteiger partial charge >= 0.3 is 0 Å². The molecule has 0 saturated carbocycles. The molecule has 10 aromatic carbocycles. The fourth-order valence-electron chi connectivity index (χ4n) is 11.8. The van der Waals surface area contributed by atoms with Gasteiger partial charge in [0.2, 0.25) is 0 Å². The van der Waals surface area contributed by atoms with E-state index in [0.717, 1.165) is 22.7 Å². The van der Waals surface area contributed by atoms with Crippen molar-refractivity contribution in [3.8, 4) is 44.5 Å². The van der Waals surface area contributed by atoms with Crippen LogP contribution in [0, 0.1) is 0 Å². The van der Waals surface area contributed by atoms with Gasteiger partial charge in [0.25, 0.3) is 0 Å². The minimum absolute atomic E-state index is 0.166. The Kier molecular flexibility index (Phi) is 8.51. The first-order chi connectivity index (χ1) is 32.5. The van der Waals surface area contributed by atoms with Gasteiger partial charge in [-0.2, -0.15) is 0 Å². The van der Waals surface area contributed by atoms with Crippen LogP contribution in [0.3, 0.4) is 0 Å². The maximum Gasteiger partial charge on any atom is 0.0755 e. The second kappa shape index (κ2) is 14.7. The summed E-state index contributed by atoms with van der Waals surface area (Å²) >= 11 is 0. The van der Waals surface area contributed by atoms with Crippen molar-refractivity contribution in [2.75, 3.05) is 9.80 Å². The molecule has 2 heteroatoms. The van der Waals surface area contributed by atoms with E-state index in [1.165, 1.54) is 89.3 Å². The molecule has 0 amide bonds. The zero-order chi connectivity index (χ0) is 44.0. The van der Waals surface area contributed by atoms with E-state index in [2.05, 4.69) is 266 Å². The Morgan fingerprint density at radius 1 is 0.318 bits per heavy atom. The summed E-state index contributed by atoms with van der Waals surface area (Å²) in [6, 6.07) is 90.2. The molecule has 2 nitrogen and oxygen atoms in total. The minimum atomic E-state index is -0.586. The molecule has 0 saturated heterocycles. The summed E-state index contributed by atoms with van der Waals surface area (Å²) in [4.78, 5) is 4.98. The topological polar surface area (TPSA) is 6.48 Å². The lowest BCUT2D eigenvalue weighted by molar-refractivity contribution is 0.660. The van der Waals surface area contributed by atoms with Gasteiger partial charge in [0.1, 0.15) is 0 Å². The maximum absolute atomic E-state index is 2.53. The highest BCUT2D eigenvalue weighted by Crippen LogP contribution is 2.64. The highest BCUT2D eigenvalue weighted by atomic mass is 15.2. The number of anilines is 6. The van der Waals surface area contributed by atoms with Crippen LogP contribution in [-0.2, 0) is 10.8 Å². The lowest BCUT2D eigenvalue weighted by atomic mass is 9.64. The number of rotatable bonds is 6. The summed E-state index contributed by atoms with van der Waals surface area (Å²) < 4.78 is 0. The van der Waals surface area contributed by atoms with Crippen LogP contribution in [0.2, 0.25) is 0 Å². The summed E-state index contributed by atoms with van der Waals surface area (Å²) in [5.41, 5.74) is 23.9. The SMILES string of the molecule is CC1(C)c2ccccc2-c2ccc(N(c3ccc4c(c3)C3(c5ccccc5-4)c4ccccc4N(c4ccccc4)c4ccccc43)c3ccccc3-c3cccc(-c4ccccc4)c3)cc21. The minimum Gasteiger partial charge on any atom is -0.310 e. The molecule has 0 fully saturated rings. The van der Waals surface area contributed by atoms with E-state index in [1.807, 2.05) is 0 Å². The van der Waals surface area contributed by atoms with Gasteiger partial charge in [-0.05, 0) is 133 Å². The predicted molar refractivity (Wildman–Crippen MR) is 275 cm³/mol. The molecule has 10 aromatic rings. The van der Waals surface area contributed by atoms with E-state index in [9.17, 15) is 0 Å². The van der Waals surface area contributed by atoms with Crippen molar-refractivity contribution in [1.29, 1.82) is 0 Å². The van der Waals surface area contributed by atoms with Crippen LogP contribution in [0.4, 0.5) is 34.1 Å². The number of fused-ring (bicyclic) bond motifs is 12. The molecule has 0 bridgehead atoms. The number of nitrogens with zero attached hydrogens (tertiary/aromatic N) is 2. The molecule has 0 unspecified atom stereocenters. The Hall–Kier alpha value is -8.20. The zero-order valence-electron chi connectivity index (χ0n) is 37.0. The zero-order valence-corrected chi connectivity index (χ0v) is 37.0. The van der Waals surface area contributed by atoms with E-state index < -0.39 is 5.41 Å². The van der Waals surface area contributed by atoms with Gasteiger partial charge < -0.3 is 9.80 Å². The average Bonchev–Trinajstić information content (AvgIpc) is 3.79. The molecule has 0 N–H and O–H groups in total. The molecular formula is C64H46N2. The van der Waals surface area contributed by atoms with Crippen LogP contribution >= 0.6 is 0 Å². The Bertz CT molecular complexity index is 3480. The smallest absolute Gasteiger partial charge is 0.0755 e. The lowest BCUT2D eigenvalue weighted by Crippen LogP contribution is -2.36. The van der Waals surface area contributed by atoms with Crippen LogP contribution in [0.1, 0.15) is 47.2 Å². The number of para-hydroxylation sites is 4. The van der Waals surface area contributed by atoms with Crippen molar-refractivity contribution in [2.24, 2.45) is 0 Å². The highest BCUT2D eigenvalue weighted by Gasteiger charge is 2.52. The maximum atomic E-state index is 2.53. The fourth-order valence-corrected chi connectivity index (χ4v) is 11.8. The Morgan fingerprint density at radius 3 is 1.47 bits per heavy atom. The van der Waals surface area contributed by atoms with E-state index >= 15 is 0 Å². The normalized spacial score (nSPS) is 14.1. The van der Waals surface area contributed by atoms with Gasteiger partial charge in [-0.25, -0.2) is 0 Å². The van der Waals surface area contributed by atoms with Crippen molar-refractivity contribution < 1.29 is 0 Å². The van der Waals surface area contributed by atoms with Gasteiger partial charge in [-0.3, -0.25) is 0 Å². The first kappa shape index (κ1) is 38.3. The summed E-state index contributed by atoms with van der Waals surface area (Å²) in [6.07, 6.45) is 0. The molecule has 3 aliphatic rings. The van der Waals surface area contributed by atoms with Gasteiger partial charge in [0.15, 0.2) is 0 Å². The van der Waals surface area contributed by atoms with Crippen molar-refractivity contribution in [3.05, 3.63) is 276 Å². The van der Waals surface area contributed by atoms with Gasteiger partial charge in [0, 0.05) is 28.0 Å². The third-order valence-corrected chi connectivity index (χ3v) is 14.6. The molecule has 1 spiro atoms. The van der Waals surface area contributed by atoms with E-state index in [4.69, 9.17) is 0 Å². The van der Waals surface area contributed by atoms with E-state index in [-0.39, 0.29) is 5.41 Å². The highest BCUT2D eigenvalue weighted by molar-refractivity contribution is 5.98. The van der Waals surface area contributed by atoms with Crippen LogP contribution in [0.5, 0.6) is 0 Å². The van der Waals surface area contributed by atoms with Crippen molar-refractivity contribution in [3.63, 3.8) is 0 Å². The summed E-state index contributed by atoms with van der Waals surface area (Å²) in [6.45, 7) is 4.75. The van der Waals surface area contributed by atoms with Crippen LogP contribution in [0.25, 0.3) is 44.5 Å². The number of benzene rings is 10. The van der Waals surface area contributed by atoms with Gasteiger partial charge in [0.05, 0.1) is 22.5 Å². The summed E-state index contributed by atoms with van der Waals surface area (Å²) in [5, 5.41) is 0. The second-order valence-electron chi connectivity index (χ2n) is 18.4. The fraction of sp³-hybridized carbons (Fsp3) is 0.0625. The summed E-state index contributed by atoms with van der Waals surface area (Å²) in [5.74, 6) is 0. The lowest BCUT2D eigenvalue weighted by Gasteiger charge is -2.45. The monoisotopic (exact) mass is 842 g/mol. The first-order valence-corrected chi connectivity index (χ1v) is 23.1. The molecular weight excluding hydrogens is 797 g/mol. The van der Waals surface area contributed by atoms with Crippen molar-refractivity contribution >= 4 is 34.1 Å². The molecule has 2 aliphatic carbocycles. The largest absolute Gasteiger partial charge is 0.310 e. The molecule has 66 heavy (non-hydrogen) atoms. The standard InChI is InChI=1S/C64H46N2/c1-63(2)54-29-12-9-27-50(54)52-38-36-47(41-58(52)63)65(60-33-16-11-26-49(60)45-23-19-22-44(40-45)43-20-5-3-6-21-43)48-37-39-53-51-28-10-13-30-55(51)64(59(53)42-48)56-31-14-17-34-61(56)66(46-24-7-4-8-25-46)62-35-18-15-32-57(62)64/h3-42H,1-2H3. The molecule has 1 heterocycles. The van der Waals surface area contributed by atoms with Gasteiger partial charge in [-0.1, -0.05) is 196 Å². The number of hydrogen-bond acceptors (Lipinski definition) is 2. The van der Waals surface area contributed by atoms with Crippen LogP contribution < -0.4 is 9.80 Å². The predicted octanol–water partition coefficient (Wildman–Crippen LogP) is 16.9. The van der Waals surface area contributed by atoms with Crippen LogP contribution in [-0.4, -0.2) is 0 Å². The Labute approximate surface area is 387 Å². The third-order valence-electron chi connectivity index (χ3n) is 14.6. The molecule has 1 aliphatic heterocycles. The summed E-state index contributed by atoms with van der Waals surface area (Å²) in [7, 11) is 0. The van der Waals surface area contributed by atoms with Crippen molar-refractivity contribution in [1.82, 2.24) is 0 Å². The molecule has 0 radical (unpaired) electrons. The second-order valence-corrected chi connectivity index (χ2v) is 18.4. The quantitative estimate of drug-likeness (QED) is 0.165. The number of hydrogen-bond donors (Lipinski definition) is 0. The molecule has 0 atom stereocenters. The third kappa shape index (κ3) is 5.48. The Morgan fingerprint density at radius 2 is 0.788 bits per heavy atom.